The van der Waals surface area contributed by atoms with Gasteiger partial charge in [0.15, 0.2) is 0 Å². The first-order valence-electron chi connectivity index (χ1n) is 8.70. The zero-order valence-corrected chi connectivity index (χ0v) is 15.4. The van der Waals surface area contributed by atoms with Crippen molar-refractivity contribution in [3.63, 3.8) is 0 Å². The number of morpholine rings is 1. The second-order valence-electron chi connectivity index (χ2n) is 6.50. The minimum atomic E-state index is -3.65. The van der Waals surface area contributed by atoms with E-state index in [0.29, 0.717) is 23.3 Å². The summed E-state index contributed by atoms with van der Waals surface area (Å²) in [5.41, 5.74) is 1.92. The van der Waals surface area contributed by atoms with E-state index in [9.17, 15) is 12.8 Å². The van der Waals surface area contributed by atoms with E-state index in [4.69, 9.17) is 4.74 Å². The van der Waals surface area contributed by atoms with Gasteiger partial charge in [0, 0.05) is 18.1 Å². The Morgan fingerprint density at radius 1 is 1.15 bits per heavy atom. The van der Waals surface area contributed by atoms with Crippen molar-refractivity contribution >= 4 is 20.9 Å². The quantitative estimate of drug-likeness (QED) is 0.691. The minimum Gasteiger partial charge on any atom is -0.378 e. The second-order valence-corrected chi connectivity index (χ2v) is 8.43. The van der Waals surface area contributed by atoms with Gasteiger partial charge in [-0.15, -0.1) is 0 Å². The number of benzene rings is 2. The number of hydrogen-bond acceptors (Lipinski definition) is 4. The van der Waals surface area contributed by atoms with Gasteiger partial charge in [-0.2, -0.15) is 4.31 Å². The molecule has 4 rings (SSSR count). The number of rotatable bonds is 4. The van der Waals surface area contributed by atoms with Crippen LogP contribution in [0.15, 0.2) is 60.8 Å². The third-order valence-corrected chi connectivity index (χ3v) is 6.55. The monoisotopic (exact) mass is 386 g/mol. The van der Waals surface area contributed by atoms with Crippen molar-refractivity contribution in [3.8, 4) is 0 Å². The molecule has 0 bridgehead atoms. The van der Waals surface area contributed by atoms with Crippen LogP contribution >= 0.6 is 0 Å². The van der Waals surface area contributed by atoms with E-state index in [0.717, 1.165) is 5.39 Å². The van der Waals surface area contributed by atoms with E-state index in [1.165, 1.54) is 16.4 Å². The summed E-state index contributed by atoms with van der Waals surface area (Å²) in [5.74, 6) is -0.554. The van der Waals surface area contributed by atoms with Gasteiger partial charge in [-0.3, -0.25) is 4.98 Å². The molecule has 0 amide bonds. The van der Waals surface area contributed by atoms with Crippen LogP contribution in [-0.2, 0) is 20.5 Å². The van der Waals surface area contributed by atoms with Crippen molar-refractivity contribution in [1.29, 1.82) is 0 Å². The average molecular weight is 386 g/mol. The lowest BCUT2D eigenvalue weighted by atomic mass is 10.1. The molecule has 1 saturated heterocycles. The van der Waals surface area contributed by atoms with Gasteiger partial charge in [-0.25, -0.2) is 12.8 Å². The van der Waals surface area contributed by atoms with Gasteiger partial charge in [-0.05, 0) is 29.3 Å². The van der Waals surface area contributed by atoms with E-state index in [2.05, 4.69) is 4.98 Å². The van der Waals surface area contributed by atoms with E-state index < -0.39 is 21.9 Å². The molecular weight excluding hydrogens is 367 g/mol. The molecule has 0 radical (unpaired) electrons. The first kappa shape index (κ1) is 18.0. The summed E-state index contributed by atoms with van der Waals surface area (Å²) < 4.78 is 47.0. The normalized spacial score (nSPS) is 18.6. The van der Waals surface area contributed by atoms with Crippen LogP contribution in [0, 0.1) is 5.82 Å². The summed E-state index contributed by atoms with van der Waals surface area (Å²) in [7, 11) is -3.65. The lowest BCUT2D eigenvalue weighted by Crippen LogP contribution is -2.43. The van der Waals surface area contributed by atoms with Crippen LogP contribution in [-0.4, -0.2) is 37.5 Å². The maximum atomic E-state index is 13.7. The zero-order chi connectivity index (χ0) is 18.9. The van der Waals surface area contributed by atoms with Gasteiger partial charge in [0.1, 0.15) is 5.82 Å². The van der Waals surface area contributed by atoms with Crippen LogP contribution in [0.4, 0.5) is 4.39 Å². The van der Waals surface area contributed by atoms with Crippen molar-refractivity contribution in [2.45, 2.75) is 11.8 Å². The van der Waals surface area contributed by atoms with Gasteiger partial charge in [-0.1, -0.05) is 36.4 Å². The summed E-state index contributed by atoms with van der Waals surface area (Å²) >= 11 is 0. The van der Waals surface area contributed by atoms with Crippen molar-refractivity contribution in [2.24, 2.45) is 0 Å². The third kappa shape index (κ3) is 3.71. The number of fused-ring (bicyclic) bond motifs is 1. The maximum absolute atomic E-state index is 13.7. The molecule has 0 N–H and O–H groups in total. The van der Waals surface area contributed by atoms with Crippen LogP contribution < -0.4 is 0 Å². The Labute approximate surface area is 157 Å². The number of pyridine rings is 1. The zero-order valence-electron chi connectivity index (χ0n) is 14.6. The number of ether oxygens (including phenoxy) is 1. The Hall–Kier alpha value is -2.35. The van der Waals surface area contributed by atoms with Gasteiger partial charge in [0.05, 0.1) is 30.5 Å². The smallest absolute Gasteiger partial charge is 0.219 e. The maximum Gasteiger partial charge on any atom is 0.219 e. The summed E-state index contributed by atoms with van der Waals surface area (Å²) in [6.07, 6.45) is 1.66. The molecule has 1 aromatic heterocycles. The molecule has 0 spiro atoms. The molecule has 2 aromatic carbocycles. The summed E-state index contributed by atoms with van der Waals surface area (Å²) in [5, 5.41) is 0.897. The first-order chi connectivity index (χ1) is 13.0. The van der Waals surface area contributed by atoms with E-state index >= 15 is 0 Å². The van der Waals surface area contributed by atoms with Crippen LogP contribution in [0.25, 0.3) is 10.9 Å². The predicted molar refractivity (Wildman–Crippen MR) is 101 cm³/mol. The van der Waals surface area contributed by atoms with Gasteiger partial charge in [0.2, 0.25) is 10.0 Å². The molecule has 5 nitrogen and oxygen atoms in total. The number of nitrogens with zero attached hydrogens (tertiary/aromatic N) is 2. The van der Waals surface area contributed by atoms with Gasteiger partial charge in [0.25, 0.3) is 0 Å². The fourth-order valence-electron chi connectivity index (χ4n) is 3.46. The first-order valence-corrected chi connectivity index (χ1v) is 10.3. The van der Waals surface area contributed by atoms with Gasteiger partial charge >= 0.3 is 0 Å². The standard InChI is InChI=1S/C20H19FN2O3S/c21-18-8-2-5-16(12-18)19-13-26-11-10-23(19)27(24,25)14-17-6-1-4-15-7-3-9-22-20(15)17/h1-9,12,19H,10-11,13-14H2. The fourth-order valence-corrected chi connectivity index (χ4v) is 5.18. The fraction of sp³-hybridized carbons (Fsp3) is 0.250. The van der Waals surface area contributed by atoms with Crippen LogP contribution in [0.1, 0.15) is 17.2 Å². The molecule has 1 atom stereocenters. The third-order valence-electron chi connectivity index (χ3n) is 4.72. The van der Waals surface area contributed by atoms with Crippen LogP contribution in [0.3, 0.4) is 0 Å². The largest absolute Gasteiger partial charge is 0.378 e. The Kier molecular flexibility index (Phi) is 4.90. The molecule has 0 aliphatic carbocycles. The highest BCUT2D eigenvalue weighted by Crippen LogP contribution is 2.30. The number of hydrogen-bond donors (Lipinski definition) is 0. The van der Waals surface area contributed by atoms with Crippen molar-refractivity contribution in [2.75, 3.05) is 19.8 Å². The average Bonchev–Trinajstić information content (AvgIpc) is 2.68. The Bertz CT molecular complexity index is 1070. The van der Waals surface area contributed by atoms with Crippen LogP contribution in [0.5, 0.6) is 0 Å². The summed E-state index contributed by atoms with van der Waals surface area (Å²) in [4.78, 5) is 4.34. The summed E-state index contributed by atoms with van der Waals surface area (Å²) in [6, 6.07) is 14.7. The molecule has 140 valence electrons. The van der Waals surface area contributed by atoms with Crippen LogP contribution in [0.2, 0.25) is 0 Å². The van der Waals surface area contributed by atoms with Crippen molar-refractivity contribution in [1.82, 2.24) is 9.29 Å². The van der Waals surface area contributed by atoms with E-state index in [1.54, 1.807) is 24.4 Å². The lowest BCUT2D eigenvalue weighted by Gasteiger charge is -2.35. The lowest BCUT2D eigenvalue weighted by molar-refractivity contribution is 0.0319. The molecular formula is C20H19FN2O3S. The van der Waals surface area contributed by atoms with E-state index in [1.807, 2.05) is 24.3 Å². The summed E-state index contributed by atoms with van der Waals surface area (Å²) in [6.45, 7) is 0.761. The molecule has 3 aromatic rings. The number of para-hydroxylation sites is 1. The highest BCUT2D eigenvalue weighted by molar-refractivity contribution is 7.88. The number of halogens is 1. The predicted octanol–water partition coefficient (Wildman–Crippen LogP) is 3.28. The molecule has 27 heavy (non-hydrogen) atoms. The Balaban J connectivity index is 1.69. The van der Waals surface area contributed by atoms with Gasteiger partial charge < -0.3 is 4.74 Å². The molecule has 1 fully saturated rings. The molecule has 1 aliphatic heterocycles. The minimum absolute atomic E-state index is 0.160. The van der Waals surface area contributed by atoms with Crippen molar-refractivity contribution < 1.29 is 17.5 Å². The number of sulfonamides is 1. The SMILES string of the molecule is O=S(=O)(Cc1cccc2cccnc12)N1CCOCC1c1cccc(F)c1. The molecule has 7 heteroatoms. The topological polar surface area (TPSA) is 59.5 Å². The highest BCUT2D eigenvalue weighted by atomic mass is 32.2. The molecule has 0 saturated carbocycles. The highest BCUT2D eigenvalue weighted by Gasteiger charge is 2.34. The Morgan fingerprint density at radius 2 is 1.96 bits per heavy atom. The second kappa shape index (κ2) is 7.34. The molecule has 1 aliphatic rings. The molecule has 1 unspecified atom stereocenters. The van der Waals surface area contributed by atoms with Crippen molar-refractivity contribution in [3.05, 3.63) is 77.7 Å². The molecule has 2 heterocycles. The van der Waals surface area contributed by atoms with E-state index in [-0.39, 0.29) is 18.9 Å². The Morgan fingerprint density at radius 3 is 2.81 bits per heavy atom. The number of aromatic nitrogens is 1.